The van der Waals surface area contributed by atoms with Crippen molar-refractivity contribution in [3.8, 4) is 33.9 Å². The van der Waals surface area contributed by atoms with Crippen molar-refractivity contribution < 1.29 is 4.42 Å². The van der Waals surface area contributed by atoms with Gasteiger partial charge in [-0.05, 0) is 30.2 Å². The Kier molecular flexibility index (Phi) is 3.72. The van der Waals surface area contributed by atoms with Crippen molar-refractivity contribution in [1.29, 1.82) is 0 Å². The first kappa shape index (κ1) is 14.5. The lowest BCUT2D eigenvalue weighted by molar-refractivity contribution is 0.589. The van der Waals surface area contributed by atoms with Crippen LogP contribution in [0.25, 0.3) is 33.9 Å². The summed E-state index contributed by atoms with van der Waals surface area (Å²) in [6, 6.07) is 26.9. The van der Waals surface area contributed by atoms with Gasteiger partial charge in [0, 0.05) is 11.1 Å². The number of aromatic nitrogens is 1. The first-order valence-corrected chi connectivity index (χ1v) is 7.98. The number of benzene rings is 3. The summed E-state index contributed by atoms with van der Waals surface area (Å²) in [4.78, 5) is 4.41. The van der Waals surface area contributed by atoms with Crippen LogP contribution in [0.15, 0.2) is 89.5 Å². The van der Waals surface area contributed by atoms with E-state index in [2.05, 4.69) is 60.4 Å². The van der Waals surface area contributed by atoms with Gasteiger partial charge in [-0.25, -0.2) is 4.98 Å². The summed E-state index contributed by atoms with van der Waals surface area (Å²) >= 11 is 0. The Morgan fingerprint density at radius 3 is 1.92 bits per heavy atom. The Bertz CT molecular complexity index is 935. The van der Waals surface area contributed by atoms with Gasteiger partial charge in [-0.3, -0.25) is 0 Å². The molecule has 0 N–H and O–H groups in total. The molecule has 0 saturated heterocycles. The summed E-state index contributed by atoms with van der Waals surface area (Å²) < 4.78 is 5.93. The highest BCUT2D eigenvalue weighted by molar-refractivity contribution is 5.68. The smallest absolute Gasteiger partial charge is 0.226 e. The number of hydrogen-bond donors (Lipinski definition) is 0. The van der Waals surface area contributed by atoms with Crippen LogP contribution >= 0.6 is 0 Å². The number of oxazole rings is 1. The Morgan fingerprint density at radius 2 is 1.21 bits per heavy atom. The van der Waals surface area contributed by atoms with Crippen molar-refractivity contribution in [3.63, 3.8) is 0 Å². The minimum Gasteiger partial charge on any atom is -0.436 e. The third-order valence-electron chi connectivity index (χ3n) is 4.08. The Hall–Kier alpha value is -3.13. The molecule has 0 aliphatic carbocycles. The van der Waals surface area contributed by atoms with Crippen molar-refractivity contribution in [1.82, 2.24) is 4.98 Å². The van der Waals surface area contributed by atoms with E-state index < -0.39 is 0 Å². The molecule has 0 aliphatic heterocycles. The molecule has 0 fully saturated rings. The molecule has 4 rings (SSSR count). The lowest BCUT2D eigenvalue weighted by Crippen LogP contribution is -1.78. The van der Waals surface area contributed by atoms with Crippen molar-refractivity contribution in [3.05, 3.63) is 90.6 Å². The van der Waals surface area contributed by atoms with Gasteiger partial charge in [0.2, 0.25) is 5.89 Å². The largest absolute Gasteiger partial charge is 0.436 e. The fourth-order valence-corrected chi connectivity index (χ4v) is 2.69. The molecule has 0 atom stereocenters. The average Bonchev–Trinajstić information content (AvgIpc) is 3.13. The van der Waals surface area contributed by atoms with Crippen LogP contribution in [0.2, 0.25) is 0 Å². The molecule has 2 heteroatoms. The standard InChI is InChI=1S/C22H17NO/c1-16-7-9-20(10-8-16)22-23-15-21(24-22)19-13-11-18(12-14-19)17-5-3-2-4-6-17/h2-15H,1H3. The van der Waals surface area contributed by atoms with E-state index in [1.54, 1.807) is 6.20 Å². The normalized spacial score (nSPS) is 10.7. The molecule has 24 heavy (non-hydrogen) atoms. The van der Waals surface area contributed by atoms with Crippen molar-refractivity contribution >= 4 is 0 Å². The molecule has 1 heterocycles. The van der Waals surface area contributed by atoms with E-state index in [9.17, 15) is 0 Å². The maximum Gasteiger partial charge on any atom is 0.226 e. The predicted octanol–water partition coefficient (Wildman–Crippen LogP) is 5.98. The fourth-order valence-electron chi connectivity index (χ4n) is 2.69. The van der Waals surface area contributed by atoms with Gasteiger partial charge >= 0.3 is 0 Å². The molecule has 0 radical (unpaired) electrons. The zero-order valence-corrected chi connectivity index (χ0v) is 13.4. The molecule has 0 aliphatic rings. The van der Waals surface area contributed by atoms with Gasteiger partial charge in [0.25, 0.3) is 0 Å². The van der Waals surface area contributed by atoms with E-state index in [0.29, 0.717) is 5.89 Å². The molecule has 116 valence electrons. The zero-order valence-electron chi connectivity index (χ0n) is 13.4. The number of rotatable bonds is 3. The Labute approximate surface area is 141 Å². The van der Waals surface area contributed by atoms with Gasteiger partial charge in [0.1, 0.15) is 0 Å². The van der Waals surface area contributed by atoms with Crippen LogP contribution in [0.1, 0.15) is 5.56 Å². The predicted molar refractivity (Wildman–Crippen MR) is 97.5 cm³/mol. The summed E-state index contributed by atoms with van der Waals surface area (Å²) in [6.07, 6.45) is 1.78. The van der Waals surface area contributed by atoms with E-state index >= 15 is 0 Å². The quantitative estimate of drug-likeness (QED) is 0.465. The van der Waals surface area contributed by atoms with Gasteiger partial charge in [-0.2, -0.15) is 0 Å². The van der Waals surface area contributed by atoms with Gasteiger partial charge in [0.05, 0.1) is 6.20 Å². The van der Waals surface area contributed by atoms with E-state index in [4.69, 9.17) is 4.42 Å². The van der Waals surface area contributed by atoms with E-state index in [1.807, 2.05) is 30.3 Å². The second-order valence-electron chi connectivity index (χ2n) is 5.84. The molecule has 0 unspecified atom stereocenters. The van der Waals surface area contributed by atoms with Crippen LogP contribution in [0.5, 0.6) is 0 Å². The Balaban J connectivity index is 1.62. The van der Waals surface area contributed by atoms with Gasteiger partial charge in [0.15, 0.2) is 5.76 Å². The lowest BCUT2D eigenvalue weighted by Gasteiger charge is -2.02. The molecule has 0 saturated carbocycles. The maximum absolute atomic E-state index is 5.93. The second-order valence-corrected chi connectivity index (χ2v) is 5.84. The highest BCUT2D eigenvalue weighted by Gasteiger charge is 2.08. The van der Waals surface area contributed by atoms with Crippen LogP contribution in [0, 0.1) is 6.92 Å². The molecular formula is C22H17NO. The summed E-state index contributed by atoms with van der Waals surface area (Å²) in [5, 5.41) is 0. The summed E-state index contributed by atoms with van der Waals surface area (Å²) in [6.45, 7) is 2.07. The SMILES string of the molecule is Cc1ccc(-c2ncc(-c3ccc(-c4ccccc4)cc3)o2)cc1. The summed E-state index contributed by atoms with van der Waals surface area (Å²) in [5.41, 5.74) is 5.65. The minimum absolute atomic E-state index is 0.650. The van der Waals surface area contributed by atoms with Crippen molar-refractivity contribution in [2.45, 2.75) is 6.92 Å². The second kappa shape index (κ2) is 6.17. The molecule has 0 spiro atoms. The zero-order chi connectivity index (χ0) is 16.4. The fraction of sp³-hybridized carbons (Fsp3) is 0.0455. The van der Waals surface area contributed by atoms with Crippen LogP contribution in [-0.2, 0) is 0 Å². The molecule has 3 aromatic carbocycles. The van der Waals surface area contributed by atoms with Gasteiger partial charge in [-0.1, -0.05) is 72.3 Å². The third-order valence-corrected chi connectivity index (χ3v) is 4.08. The lowest BCUT2D eigenvalue weighted by atomic mass is 10.0. The molecule has 0 amide bonds. The van der Waals surface area contributed by atoms with Crippen LogP contribution in [-0.4, -0.2) is 4.98 Å². The van der Waals surface area contributed by atoms with E-state index in [1.165, 1.54) is 16.7 Å². The molecule has 1 aromatic heterocycles. The Morgan fingerprint density at radius 1 is 0.625 bits per heavy atom. The highest BCUT2D eigenvalue weighted by atomic mass is 16.4. The number of hydrogen-bond acceptors (Lipinski definition) is 2. The minimum atomic E-state index is 0.650. The molecule has 0 bridgehead atoms. The van der Waals surface area contributed by atoms with Gasteiger partial charge in [-0.15, -0.1) is 0 Å². The summed E-state index contributed by atoms with van der Waals surface area (Å²) in [7, 11) is 0. The first-order chi connectivity index (χ1) is 11.8. The van der Waals surface area contributed by atoms with Crippen LogP contribution < -0.4 is 0 Å². The molecular weight excluding hydrogens is 294 g/mol. The van der Waals surface area contributed by atoms with E-state index in [0.717, 1.165) is 16.9 Å². The number of aryl methyl sites for hydroxylation is 1. The first-order valence-electron chi connectivity index (χ1n) is 7.98. The van der Waals surface area contributed by atoms with Gasteiger partial charge < -0.3 is 4.42 Å². The molecule has 4 aromatic rings. The number of nitrogens with zero attached hydrogens (tertiary/aromatic N) is 1. The maximum atomic E-state index is 5.93. The van der Waals surface area contributed by atoms with Crippen molar-refractivity contribution in [2.75, 3.05) is 0 Å². The third kappa shape index (κ3) is 2.86. The monoisotopic (exact) mass is 311 g/mol. The van der Waals surface area contributed by atoms with Crippen LogP contribution in [0.4, 0.5) is 0 Å². The highest BCUT2D eigenvalue weighted by Crippen LogP contribution is 2.28. The van der Waals surface area contributed by atoms with E-state index in [-0.39, 0.29) is 0 Å². The van der Waals surface area contributed by atoms with Crippen molar-refractivity contribution in [2.24, 2.45) is 0 Å². The molecule has 2 nitrogen and oxygen atoms in total. The topological polar surface area (TPSA) is 26.0 Å². The van der Waals surface area contributed by atoms with Crippen LogP contribution in [0.3, 0.4) is 0 Å². The summed E-state index contributed by atoms with van der Waals surface area (Å²) in [5.74, 6) is 1.43. The average molecular weight is 311 g/mol.